The molecule has 41 heavy (non-hydrogen) atoms. The minimum absolute atomic E-state index is 0.0191. The Labute approximate surface area is 245 Å². The number of piperazine rings is 1. The van der Waals surface area contributed by atoms with Gasteiger partial charge in [-0.1, -0.05) is 35.9 Å². The molecule has 0 saturated carbocycles. The topological polar surface area (TPSA) is 108 Å². The Morgan fingerprint density at radius 3 is 2.39 bits per heavy atom. The molecule has 8 nitrogen and oxygen atoms in total. The van der Waals surface area contributed by atoms with Gasteiger partial charge >= 0.3 is 0 Å². The standard InChI is InChI=1S/C32H46N4O4S/c1-20-14-21(2)29(22(3)15-20)41(39,40)36-19-32(7,8)35-30(38)27(36)17-28(37)34-26-11-9-10-24-16-23(12-13-25(24)26)18-33-31(4,5)6/h12-16,26-27,33H,9-11,17-19H2,1-8H3,(H,34,37)(H,35,38)/t26-,27-/m1/s1. The zero-order valence-electron chi connectivity index (χ0n) is 25.8. The monoisotopic (exact) mass is 582 g/mol. The summed E-state index contributed by atoms with van der Waals surface area (Å²) in [5.74, 6) is -0.791. The van der Waals surface area contributed by atoms with Crippen molar-refractivity contribution < 1.29 is 18.0 Å². The molecule has 1 saturated heterocycles. The number of benzene rings is 2. The van der Waals surface area contributed by atoms with Crippen LogP contribution in [0.15, 0.2) is 35.2 Å². The molecule has 2 amide bonds. The zero-order chi connectivity index (χ0) is 30.3. The molecule has 0 bridgehead atoms. The molecule has 3 N–H and O–H groups in total. The summed E-state index contributed by atoms with van der Waals surface area (Å²) in [4.78, 5) is 27.0. The smallest absolute Gasteiger partial charge is 0.244 e. The number of rotatable bonds is 7. The van der Waals surface area contributed by atoms with Crippen molar-refractivity contribution in [3.05, 3.63) is 63.7 Å². The molecule has 1 aliphatic heterocycles. The number of hydrogen-bond acceptors (Lipinski definition) is 5. The van der Waals surface area contributed by atoms with E-state index in [-0.39, 0.29) is 35.3 Å². The van der Waals surface area contributed by atoms with Gasteiger partial charge in [-0.25, -0.2) is 8.42 Å². The van der Waals surface area contributed by atoms with Crippen LogP contribution >= 0.6 is 0 Å². The van der Waals surface area contributed by atoms with Crippen LogP contribution in [-0.2, 0) is 32.6 Å². The molecular weight excluding hydrogens is 536 g/mol. The molecule has 2 aromatic rings. The number of nitrogens with zero attached hydrogens (tertiary/aromatic N) is 1. The molecule has 2 atom stereocenters. The third-order valence-electron chi connectivity index (χ3n) is 7.89. The summed E-state index contributed by atoms with van der Waals surface area (Å²) in [6.45, 7) is 16.3. The van der Waals surface area contributed by atoms with Crippen molar-refractivity contribution in [1.82, 2.24) is 20.3 Å². The Morgan fingerprint density at radius 1 is 1.10 bits per heavy atom. The van der Waals surface area contributed by atoms with E-state index < -0.39 is 27.5 Å². The largest absolute Gasteiger partial charge is 0.349 e. The van der Waals surface area contributed by atoms with E-state index in [0.717, 1.165) is 36.9 Å². The highest BCUT2D eigenvalue weighted by Crippen LogP contribution is 2.33. The summed E-state index contributed by atoms with van der Waals surface area (Å²) in [5.41, 5.74) is 4.99. The van der Waals surface area contributed by atoms with E-state index in [2.05, 4.69) is 54.9 Å². The van der Waals surface area contributed by atoms with Gasteiger partial charge in [0.15, 0.2) is 0 Å². The average Bonchev–Trinajstić information content (AvgIpc) is 2.82. The Bertz CT molecular complexity index is 1420. The van der Waals surface area contributed by atoms with Gasteiger partial charge in [0.25, 0.3) is 0 Å². The van der Waals surface area contributed by atoms with Crippen molar-refractivity contribution in [3.8, 4) is 0 Å². The predicted molar refractivity (Wildman–Crippen MR) is 162 cm³/mol. The number of carbonyl (C=O) groups is 2. The number of amides is 2. The molecule has 0 aromatic heterocycles. The van der Waals surface area contributed by atoms with Crippen LogP contribution in [0.25, 0.3) is 0 Å². The molecule has 224 valence electrons. The molecule has 0 unspecified atom stereocenters. The number of nitrogens with one attached hydrogen (secondary N) is 3. The second kappa shape index (κ2) is 11.5. The maximum Gasteiger partial charge on any atom is 0.244 e. The maximum absolute atomic E-state index is 14.1. The quantitative estimate of drug-likeness (QED) is 0.450. The van der Waals surface area contributed by atoms with Crippen LogP contribution < -0.4 is 16.0 Å². The Balaban J connectivity index is 1.56. The number of carbonyl (C=O) groups excluding carboxylic acids is 2. The van der Waals surface area contributed by atoms with Gasteiger partial charge in [-0.15, -0.1) is 0 Å². The van der Waals surface area contributed by atoms with E-state index >= 15 is 0 Å². The molecule has 0 radical (unpaired) electrons. The van der Waals surface area contributed by atoms with Crippen molar-refractivity contribution in [1.29, 1.82) is 0 Å². The van der Waals surface area contributed by atoms with Crippen molar-refractivity contribution in [3.63, 3.8) is 0 Å². The first-order chi connectivity index (χ1) is 19.0. The van der Waals surface area contributed by atoms with Crippen molar-refractivity contribution in [2.24, 2.45) is 0 Å². The highest BCUT2D eigenvalue weighted by Gasteiger charge is 2.46. The van der Waals surface area contributed by atoms with Crippen molar-refractivity contribution in [2.45, 2.75) is 116 Å². The van der Waals surface area contributed by atoms with Crippen LogP contribution in [0.4, 0.5) is 0 Å². The van der Waals surface area contributed by atoms with Crippen LogP contribution in [0.5, 0.6) is 0 Å². The second-order valence-corrected chi connectivity index (χ2v) is 15.3. The molecule has 2 aromatic carbocycles. The third-order valence-corrected chi connectivity index (χ3v) is 10.1. The summed E-state index contributed by atoms with van der Waals surface area (Å²) in [5, 5.41) is 9.57. The number of hydrogen-bond donors (Lipinski definition) is 3. The summed E-state index contributed by atoms with van der Waals surface area (Å²) in [6, 6.07) is 8.76. The van der Waals surface area contributed by atoms with E-state index in [1.807, 2.05) is 19.1 Å². The third kappa shape index (κ3) is 7.19. The summed E-state index contributed by atoms with van der Waals surface area (Å²) in [7, 11) is -4.05. The van der Waals surface area contributed by atoms with Gasteiger partial charge in [0.1, 0.15) is 6.04 Å². The Kier molecular flexibility index (Phi) is 8.75. The van der Waals surface area contributed by atoms with Gasteiger partial charge in [-0.2, -0.15) is 4.31 Å². The van der Waals surface area contributed by atoms with Gasteiger partial charge in [0.05, 0.1) is 17.4 Å². The van der Waals surface area contributed by atoms with Crippen LogP contribution in [0.2, 0.25) is 0 Å². The summed E-state index contributed by atoms with van der Waals surface area (Å²) in [6.07, 6.45) is 2.45. The van der Waals surface area contributed by atoms with Crippen molar-refractivity contribution in [2.75, 3.05) is 6.54 Å². The highest BCUT2D eigenvalue weighted by molar-refractivity contribution is 7.89. The number of sulfonamides is 1. The SMILES string of the molecule is Cc1cc(C)c(S(=O)(=O)N2CC(C)(C)NC(=O)[C@H]2CC(=O)N[C@@H]2CCCc3cc(CNC(C)(C)C)ccc32)c(C)c1. The first-order valence-corrected chi connectivity index (χ1v) is 16.0. The second-order valence-electron chi connectivity index (χ2n) is 13.5. The first-order valence-electron chi connectivity index (χ1n) is 14.5. The van der Waals surface area contributed by atoms with E-state index in [1.165, 1.54) is 15.4 Å². The van der Waals surface area contributed by atoms with Crippen LogP contribution in [0, 0.1) is 20.8 Å². The minimum Gasteiger partial charge on any atom is -0.349 e. The van der Waals surface area contributed by atoms with Crippen LogP contribution in [-0.4, -0.2) is 48.2 Å². The van der Waals surface area contributed by atoms with Crippen LogP contribution in [0.1, 0.15) is 93.3 Å². The molecule has 4 rings (SSSR count). The Hall–Kier alpha value is -2.75. The summed E-state index contributed by atoms with van der Waals surface area (Å²) < 4.78 is 29.4. The van der Waals surface area contributed by atoms with Gasteiger partial charge < -0.3 is 16.0 Å². The first kappa shape index (κ1) is 31.2. The molecule has 1 fully saturated rings. The minimum atomic E-state index is -4.05. The number of fused-ring (bicyclic) bond motifs is 1. The van der Waals surface area contributed by atoms with E-state index in [4.69, 9.17) is 0 Å². The lowest BCUT2D eigenvalue weighted by molar-refractivity contribution is -0.134. The van der Waals surface area contributed by atoms with Gasteiger partial charge in [0, 0.05) is 24.2 Å². The zero-order valence-corrected chi connectivity index (χ0v) is 26.6. The molecule has 9 heteroatoms. The van der Waals surface area contributed by atoms with Gasteiger partial charge in [-0.3, -0.25) is 9.59 Å². The molecular formula is C32H46N4O4S. The fourth-order valence-electron chi connectivity index (χ4n) is 6.15. The number of aryl methyl sites for hydroxylation is 4. The maximum atomic E-state index is 14.1. The Morgan fingerprint density at radius 2 is 1.76 bits per heavy atom. The van der Waals surface area contributed by atoms with Gasteiger partial charge in [-0.05, 0) is 102 Å². The fourth-order valence-corrected chi connectivity index (χ4v) is 8.31. The highest BCUT2D eigenvalue weighted by atomic mass is 32.2. The lowest BCUT2D eigenvalue weighted by Gasteiger charge is -2.43. The lowest BCUT2D eigenvalue weighted by atomic mass is 9.86. The molecule has 0 spiro atoms. The molecule has 2 aliphatic rings. The summed E-state index contributed by atoms with van der Waals surface area (Å²) >= 11 is 0. The fraction of sp³-hybridized carbons (Fsp3) is 0.562. The predicted octanol–water partition coefficient (Wildman–Crippen LogP) is 4.35. The molecule has 1 aliphatic carbocycles. The van der Waals surface area contributed by atoms with Gasteiger partial charge in [0.2, 0.25) is 21.8 Å². The normalized spacial score (nSPS) is 21.2. The molecule has 1 heterocycles. The van der Waals surface area contributed by atoms with E-state index in [1.54, 1.807) is 27.7 Å². The van der Waals surface area contributed by atoms with Crippen LogP contribution in [0.3, 0.4) is 0 Å². The average molecular weight is 583 g/mol. The van der Waals surface area contributed by atoms with E-state index in [0.29, 0.717) is 11.1 Å². The van der Waals surface area contributed by atoms with Crippen molar-refractivity contribution >= 4 is 21.8 Å². The van der Waals surface area contributed by atoms with E-state index in [9.17, 15) is 18.0 Å². The lowest BCUT2D eigenvalue weighted by Crippen LogP contribution is -2.66.